The van der Waals surface area contributed by atoms with E-state index in [0.29, 0.717) is 5.92 Å². The zero-order valence-electron chi connectivity index (χ0n) is 22.8. The Bertz CT molecular complexity index is 1370. The van der Waals surface area contributed by atoms with Crippen LogP contribution in [0.1, 0.15) is 60.4 Å². The van der Waals surface area contributed by atoms with E-state index >= 15 is 0 Å². The lowest BCUT2D eigenvalue weighted by Crippen LogP contribution is -2.49. The third kappa shape index (κ3) is 5.41. The number of hydrogen-bond donors (Lipinski definition) is 1. The van der Waals surface area contributed by atoms with Crippen molar-refractivity contribution >= 4 is 5.91 Å². The average Bonchev–Trinajstić information content (AvgIpc) is 3.63. The van der Waals surface area contributed by atoms with Crippen LogP contribution in [0.4, 0.5) is 0 Å². The predicted molar refractivity (Wildman–Crippen MR) is 156 cm³/mol. The Morgan fingerprint density at radius 2 is 1.67 bits per heavy atom. The van der Waals surface area contributed by atoms with Gasteiger partial charge in [-0.1, -0.05) is 92.2 Å². The first kappa shape index (κ1) is 25.6. The van der Waals surface area contributed by atoms with Gasteiger partial charge in [0, 0.05) is 30.4 Å². The monoisotopic (exact) mass is 518 g/mol. The van der Waals surface area contributed by atoms with E-state index in [1.807, 2.05) is 36.4 Å². The standard InChI is InChI=1S/C34H38N4O/c1-34(19-11-20-34)31(38(24-27-18-21-35-22-27)33(39)29-16-9-4-10-17-29)32-36-30(28-14-7-3-8-15-28)25-37(32)23-26-12-5-2-6-13-26/h2-10,12-17,25,27,31,35H,11,18-24H2,1H3/t27?,31-/m0/s1. The van der Waals surface area contributed by atoms with Crippen LogP contribution in [-0.4, -0.2) is 40.0 Å². The Labute approximate surface area is 231 Å². The number of imidazole rings is 1. The normalized spacial score (nSPS) is 18.8. The molecule has 2 aliphatic rings. The third-order valence-corrected chi connectivity index (χ3v) is 8.68. The maximum absolute atomic E-state index is 14.3. The van der Waals surface area contributed by atoms with Crippen molar-refractivity contribution in [2.24, 2.45) is 11.3 Å². The highest BCUT2D eigenvalue weighted by Gasteiger charge is 2.48. The van der Waals surface area contributed by atoms with E-state index in [9.17, 15) is 4.79 Å². The molecule has 6 rings (SSSR count). The maximum atomic E-state index is 14.3. The van der Waals surface area contributed by atoms with Gasteiger partial charge in [0.25, 0.3) is 5.91 Å². The van der Waals surface area contributed by atoms with Gasteiger partial charge in [0.1, 0.15) is 5.82 Å². The van der Waals surface area contributed by atoms with Gasteiger partial charge in [0.2, 0.25) is 0 Å². The number of carbonyl (C=O) groups excluding carboxylic acids is 1. The van der Waals surface area contributed by atoms with Crippen molar-refractivity contribution in [3.63, 3.8) is 0 Å². The molecule has 5 heteroatoms. The summed E-state index contributed by atoms with van der Waals surface area (Å²) in [4.78, 5) is 21.9. The molecule has 0 radical (unpaired) electrons. The van der Waals surface area contributed by atoms with E-state index in [1.54, 1.807) is 0 Å². The molecule has 2 atom stereocenters. The highest BCUT2D eigenvalue weighted by atomic mass is 16.2. The maximum Gasteiger partial charge on any atom is 0.254 e. The Morgan fingerprint density at radius 1 is 1.00 bits per heavy atom. The summed E-state index contributed by atoms with van der Waals surface area (Å²) in [6, 6.07) is 30.7. The third-order valence-electron chi connectivity index (χ3n) is 8.68. The number of amides is 1. The van der Waals surface area contributed by atoms with Crippen molar-refractivity contribution in [1.82, 2.24) is 19.8 Å². The molecule has 39 heavy (non-hydrogen) atoms. The minimum atomic E-state index is -0.110. The van der Waals surface area contributed by atoms with Crippen molar-refractivity contribution < 1.29 is 4.79 Å². The molecule has 1 N–H and O–H groups in total. The molecule has 1 aliphatic heterocycles. The van der Waals surface area contributed by atoms with Crippen LogP contribution in [0, 0.1) is 11.3 Å². The fourth-order valence-electron chi connectivity index (χ4n) is 6.34. The molecular weight excluding hydrogens is 480 g/mol. The number of nitrogens with zero attached hydrogens (tertiary/aromatic N) is 3. The van der Waals surface area contributed by atoms with Crippen LogP contribution in [0.5, 0.6) is 0 Å². The molecule has 1 saturated carbocycles. The summed E-state index contributed by atoms with van der Waals surface area (Å²) in [7, 11) is 0. The van der Waals surface area contributed by atoms with Gasteiger partial charge in [0.05, 0.1) is 11.7 Å². The second-order valence-electron chi connectivity index (χ2n) is 11.6. The highest BCUT2D eigenvalue weighted by Crippen LogP contribution is 2.53. The minimum absolute atomic E-state index is 0.0236. The number of carbonyl (C=O) groups is 1. The van der Waals surface area contributed by atoms with E-state index in [4.69, 9.17) is 4.98 Å². The van der Waals surface area contributed by atoms with Crippen LogP contribution in [0.15, 0.2) is 97.2 Å². The van der Waals surface area contributed by atoms with Crippen molar-refractivity contribution in [2.75, 3.05) is 19.6 Å². The van der Waals surface area contributed by atoms with Crippen molar-refractivity contribution in [2.45, 2.75) is 45.2 Å². The zero-order chi connectivity index (χ0) is 26.7. The number of hydrogen-bond acceptors (Lipinski definition) is 3. The predicted octanol–water partition coefficient (Wildman–Crippen LogP) is 6.58. The van der Waals surface area contributed by atoms with E-state index in [2.05, 4.69) is 82.5 Å². The smallest absolute Gasteiger partial charge is 0.254 e. The summed E-state index contributed by atoms with van der Waals surface area (Å²) in [6.45, 7) is 5.79. The molecule has 0 bridgehead atoms. The Balaban J connectivity index is 1.48. The summed E-state index contributed by atoms with van der Waals surface area (Å²) in [5.74, 6) is 1.54. The zero-order valence-corrected chi connectivity index (χ0v) is 22.8. The summed E-state index contributed by atoms with van der Waals surface area (Å²) in [5.41, 5.74) is 4.02. The van der Waals surface area contributed by atoms with Gasteiger partial charge >= 0.3 is 0 Å². The van der Waals surface area contributed by atoms with Crippen LogP contribution in [0.2, 0.25) is 0 Å². The Kier molecular flexibility index (Phi) is 7.34. The SMILES string of the molecule is CC1([C@H](c2nc(-c3ccccc3)cn2Cc2ccccc2)N(CC2CCNC2)C(=O)c2ccccc2)CCC1. The lowest BCUT2D eigenvalue weighted by atomic mass is 9.64. The topological polar surface area (TPSA) is 50.2 Å². The fraction of sp³-hybridized carbons (Fsp3) is 0.353. The summed E-state index contributed by atoms with van der Waals surface area (Å²) in [5, 5.41) is 3.51. The molecule has 5 nitrogen and oxygen atoms in total. The van der Waals surface area contributed by atoms with Gasteiger partial charge in [-0.2, -0.15) is 0 Å². The van der Waals surface area contributed by atoms with Crippen LogP contribution < -0.4 is 5.32 Å². The van der Waals surface area contributed by atoms with Crippen molar-refractivity contribution in [1.29, 1.82) is 0 Å². The second-order valence-corrected chi connectivity index (χ2v) is 11.6. The molecule has 2 fully saturated rings. The van der Waals surface area contributed by atoms with Crippen LogP contribution >= 0.6 is 0 Å². The molecule has 0 spiro atoms. The summed E-state index contributed by atoms with van der Waals surface area (Å²) in [6.07, 6.45) is 6.66. The number of aromatic nitrogens is 2. The molecule has 2 heterocycles. The van der Waals surface area contributed by atoms with Gasteiger partial charge in [-0.3, -0.25) is 4.79 Å². The molecule has 3 aromatic carbocycles. The van der Waals surface area contributed by atoms with Gasteiger partial charge in [-0.25, -0.2) is 4.98 Å². The van der Waals surface area contributed by atoms with E-state index in [0.717, 1.165) is 68.1 Å². The van der Waals surface area contributed by atoms with Gasteiger partial charge in [-0.15, -0.1) is 0 Å². The second kappa shape index (κ2) is 11.2. The first-order valence-corrected chi connectivity index (χ1v) is 14.3. The average molecular weight is 519 g/mol. The fourth-order valence-corrected chi connectivity index (χ4v) is 6.34. The largest absolute Gasteiger partial charge is 0.328 e. The van der Waals surface area contributed by atoms with Gasteiger partial charge < -0.3 is 14.8 Å². The molecule has 1 aromatic heterocycles. The van der Waals surface area contributed by atoms with Crippen LogP contribution in [-0.2, 0) is 6.54 Å². The molecule has 1 aliphatic carbocycles. The number of benzene rings is 3. The lowest BCUT2D eigenvalue weighted by Gasteiger charge is -2.49. The molecular formula is C34H38N4O. The number of rotatable bonds is 9. The first-order chi connectivity index (χ1) is 19.1. The molecule has 200 valence electrons. The van der Waals surface area contributed by atoms with Gasteiger partial charge in [0.15, 0.2) is 0 Å². The molecule has 4 aromatic rings. The summed E-state index contributed by atoms with van der Waals surface area (Å²) >= 11 is 0. The lowest BCUT2D eigenvalue weighted by molar-refractivity contribution is 0.00223. The van der Waals surface area contributed by atoms with E-state index in [1.165, 1.54) is 12.0 Å². The molecule has 1 amide bonds. The van der Waals surface area contributed by atoms with E-state index in [-0.39, 0.29) is 17.4 Å². The molecule has 1 saturated heterocycles. The highest BCUT2D eigenvalue weighted by molar-refractivity contribution is 5.94. The first-order valence-electron chi connectivity index (χ1n) is 14.3. The van der Waals surface area contributed by atoms with Crippen LogP contribution in [0.3, 0.4) is 0 Å². The Hall–Kier alpha value is -3.70. The van der Waals surface area contributed by atoms with E-state index < -0.39 is 0 Å². The quantitative estimate of drug-likeness (QED) is 0.272. The van der Waals surface area contributed by atoms with Crippen molar-refractivity contribution in [3.05, 3.63) is 114 Å². The Morgan fingerprint density at radius 3 is 2.28 bits per heavy atom. The van der Waals surface area contributed by atoms with Crippen LogP contribution in [0.25, 0.3) is 11.3 Å². The number of nitrogens with one attached hydrogen (secondary N) is 1. The van der Waals surface area contributed by atoms with Crippen molar-refractivity contribution in [3.8, 4) is 11.3 Å². The minimum Gasteiger partial charge on any atom is -0.328 e. The molecule has 1 unspecified atom stereocenters. The van der Waals surface area contributed by atoms with Gasteiger partial charge in [-0.05, 0) is 61.4 Å². The summed E-state index contributed by atoms with van der Waals surface area (Å²) < 4.78 is 2.31.